The van der Waals surface area contributed by atoms with E-state index in [9.17, 15) is 9.90 Å². The van der Waals surface area contributed by atoms with Gasteiger partial charge in [-0.1, -0.05) is 36.4 Å². The summed E-state index contributed by atoms with van der Waals surface area (Å²) in [6, 6.07) is 16.2. The predicted molar refractivity (Wildman–Crippen MR) is 105 cm³/mol. The highest BCUT2D eigenvalue weighted by Gasteiger charge is 2.17. The van der Waals surface area contributed by atoms with Gasteiger partial charge >= 0.3 is 0 Å². The zero-order valence-corrected chi connectivity index (χ0v) is 14.6. The highest BCUT2D eigenvalue weighted by molar-refractivity contribution is 6.02. The number of hydrogen-bond acceptors (Lipinski definition) is 5. The zero-order chi connectivity index (χ0) is 18.8. The maximum atomic E-state index is 13.1. The van der Waals surface area contributed by atoms with Crippen molar-refractivity contribution in [1.29, 1.82) is 0 Å². The van der Waals surface area contributed by atoms with Crippen LogP contribution in [0.4, 0.5) is 5.95 Å². The van der Waals surface area contributed by atoms with Crippen LogP contribution in [0.3, 0.4) is 0 Å². The lowest BCUT2D eigenvalue weighted by Gasteiger charge is -2.15. The average molecular weight is 356 g/mol. The lowest BCUT2D eigenvalue weighted by molar-refractivity contribution is 0.436. The smallest absolute Gasteiger partial charge is 0.265 e. The summed E-state index contributed by atoms with van der Waals surface area (Å²) < 4.78 is 1.31. The first kappa shape index (κ1) is 16.7. The molecule has 27 heavy (non-hydrogen) atoms. The summed E-state index contributed by atoms with van der Waals surface area (Å²) in [5, 5.41) is 12.1. The molecule has 6 nitrogen and oxygen atoms in total. The Morgan fingerprint density at radius 3 is 2.37 bits per heavy atom. The van der Waals surface area contributed by atoms with E-state index in [1.54, 1.807) is 42.7 Å². The maximum Gasteiger partial charge on any atom is 0.265 e. The van der Waals surface area contributed by atoms with Gasteiger partial charge in [0, 0.05) is 29.4 Å². The molecule has 0 radical (unpaired) electrons. The minimum absolute atomic E-state index is 0.173. The first-order valence-electron chi connectivity index (χ1n) is 8.40. The Bertz CT molecular complexity index is 1210. The number of aliphatic imine (C=N–C) groups is 1. The zero-order valence-electron chi connectivity index (χ0n) is 14.6. The largest absolute Gasteiger partial charge is 0.494 e. The number of fused-ring (bicyclic) bond motifs is 1. The molecule has 0 amide bonds. The van der Waals surface area contributed by atoms with E-state index in [1.165, 1.54) is 10.8 Å². The Morgan fingerprint density at radius 1 is 0.963 bits per heavy atom. The molecule has 4 rings (SSSR count). The second-order valence-corrected chi connectivity index (χ2v) is 6.02. The van der Waals surface area contributed by atoms with Gasteiger partial charge in [-0.15, -0.1) is 0 Å². The number of aromatic nitrogens is 3. The van der Waals surface area contributed by atoms with Crippen LogP contribution >= 0.6 is 0 Å². The minimum atomic E-state index is -0.287. The third kappa shape index (κ3) is 2.97. The van der Waals surface area contributed by atoms with Crippen LogP contribution in [0.1, 0.15) is 11.1 Å². The molecule has 0 saturated heterocycles. The predicted octanol–water partition coefficient (Wildman–Crippen LogP) is 3.55. The van der Waals surface area contributed by atoms with Crippen molar-refractivity contribution < 1.29 is 5.11 Å². The van der Waals surface area contributed by atoms with Gasteiger partial charge in [0.25, 0.3) is 5.56 Å². The molecule has 6 heteroatoms. The molecule has 2 aromatic heterocycles. The number of hydrogen-bond donors (Lipinski definition) is 1. The molecule has 0 aliphatic carbocycles. The third-order valence-corrected chi connectivity index (χ3v) is 4.32. The van der Waals surface area contributed by atoms with Gasteiger partial charge in [-0.05, 0) is 30.7 Å². The van der Waals surface area contributed by atoms with Gasteiger partial charge < -0.3 is 5.11 Å². The van der Waals surface area contributed by atoms with Crippen molar-refractivity contribution >= 4 is 22.9 Å². The second-order valence-electron chi connectivity index (χ2n) is 6.02. The Morgan fingerprint density at radius 2 is 1.63 bits per heavy atom. The number of benzene rings is 2. The van der Waals surface area contributed by atoms with E-state index in [-0.39, 0.29) is 17.4 Å². The number of aromatic hydroxyl groups is 1. The van der Waals surface area contributed by atoms with Gasteiger partial charge in [0.15, 0.2) is 0 Å². The van der Waals surface area contributed by atoms with Gasteiger partial charge in [0.05, 0.1) is 11.3 Å². The van der Waals surface area contributed by atoms with Crippen molar-refractivity contribution in [3.05, 3.63) is 88.5 Å². The van der Waals surface area contributed by atoms with Crippen LogP contribution in [0.25, 0.3) is 16.5 Å². The van der Waals surface area contributed by atoms with Crippen molar-refractivity contribution in [3.63, 3.8) is 0 Å². The average Bonchev–Trinajstić information content (AvgIpc) is 2.70. The second kappa shape index (κ2) is 6.84. The van der Waals surface area contributed by atoms with Gasteiger partial charge in [-0.3, -0.25) is 4.79 Å². The van der Waals surface area contributed by atoms with Crippen LogP contribution in [0, 0.1) is 6.92 Å². The Labute approximate surface area is 155 Å². The Kier molecular flexibility index (Phi) is 4.22. The fraction of sp³-hybridized carbons (Fsp3) is 0.0476. The van der Waals surface area contributed by atoms with E-state index in [4.69, 9.17) is 0 Å². The van der Waals surface area contributed by atoms with Crippen molar-refractivity contribution in [1.82, 2.24) is 14.5 Å². The molecule has 4 aromatic rings. The van der Waals surface area contributed by atoms with Gasteiger partial charge in [0.1, 0.15) is 0 Å². The molecule has 0 atom stereocenters. The summed E-state index contributed by atoms with van der Waals surface area (Å²) in [6.45, 7) is 1.89. The van der Waals surface area contributed by atoms with Crippen molar-refractivity contribution in [2.75, 3.05) is 0 Å². The fourth-order valence-corrected chi connectivity index (χ4v) is 3.01. The van der Waals surface area contributed by atoms with E-state index in [0.717, 1.165) is 5.56 Å². The quantitative estimate of drug-likeness (QED) is 0.569. The van der Waals surface area contributed by atoms with Crippen LogP contribution in [-0.2, 0) is 0 Å². The fourth-order valence-electron chi connectivity index (χ4n) is 3.01. The molecule has 0 spiro atoms. The summed E-state index contributed by atoms with van der Waals surface area (Å²) in [5.74, 6) is 0.0994. The summed E-state index contributed by atoms with van der Waals surface area (Å²) >= 11 is 0. The van der Waals surface area contributed by atoms with E-state index in [2.05, 4.69) is 15.0 Å². The number of para-hydroxylation sites is 1. The third-order valence-electron chi connectivity index (χ3n) is 4.32. The number of aryl methyl sites for hydroxylation is 1. The van der Waals surface area contributed by atoms with E-state index in [0.29, 0.717) is 22.0 Å². The molecule has 0 bridgehead atoms. The van der Waals surface area contributed by atoms with Crippen LogP contribution in [-0.4, -0.2) is 25.9 Å². The van der Waals surface area contributed by atoms with Crippen LogP contribution < -0.4 is 5.56 Å². The van der Waals surface area contributed by atoms with Crippen molar-refractivity contribution in [2.45, 2.75) is 6.92 Å². The lowest BCUT2D eigenvalue weighted by Crippen LogP contribution is -2.20. The van der Waals surface area contributed by atoms with E-state index >= 15 is 0 Å². The molecule has 2 aromatic carbocycles. The molecular weight excluding hydrogens is 340 g/mol. The summed E-state index contributed by atoms with van der Waals surface area (Å²) in [7, 11) is 0. The highest BCUT2D eigenvalue weighted by atomic mass is 16.3. The molecule has 0 fully saturated rings. The van der Waals surface area contributed by atoms with E-state index in [1.807, 2.05) is 31.2 Å². The topological polar surface area (TPSA) is 80.4 Å². The molecule has 0 unspecified atom stereocenters. The monoisotopic (exact) mass is 356 g/mol. The number of pyridine rings is 1. The molecule has 0 aliphatic rings. The summed E-state index contributed by atoms with van der Waals surface area (Å²) in [6.07, 6.45) is 4.67. The van der Waals surface area contributed by atoms with Crippen LogP contribution in [0.5, 0.6) is 5.88 Å². The minimum Gasteiger partial charge on any atom is -0.494 e. The Hall–Kier alpha value is -3.80. The molecule has 2 heterocycles. The van der Waals surface area contributed by atoms with E-state index < -0.39 is 0 Å². The van der Waals surface area contributed by atoms with Gasteiger partial charge in [-0.25, -0.2) is 19.5 Å². The van der Waals surface area contributed by atoms with Crippen molar-refractivity contribution in [3.8, 4) is 11.6 Å². The highest BCUT2D eigenvalue weighted by Crippen LogP contribution is 2.27. The summed E-state index contributed by atoms with van der Waals surface area (Å²) in [4.78, 5) is 25.4. The number of rotatable bonds is 3. The normalized spacial score (nSPS) is 11.3. The van der Waals surface area contributed by atoms with Gasteiger partial charge in [-0.2, -0.15) is 0 Å². The Balaban J connectivity index is 2.02. The molecule has 0 aliphatic heterocycles. The first-order valence-corrected chi connectivity index (χ1v) is 8.40. The number of nitrogens with zero attached hydrogens (tertiary/aromatic N) is 4. The van der Waals surface area contributed by atoms with Crippen LogP contribution in [0.2, 0.25) is 0 Å². The molecular formula is C21H16N4O2. The summed E-state index contributed by atoms with van der Waals surface area (Å²) in [5.41, 5.74) is 1.64. The SMILES string of the molecule is Cc1ccccc1-n1c(O)c(/C=N/c2ncccn2)c2ccccc2c1=O. The molecule has 0 saturated carbocycles. The first-order chi connectivity index (χ1) is 13.2. The standard InChI is InChI=1S/C21H16N4O2/c1-14-7-2-5-10-18(14)25-19(26)16-9-4-3-8-15(16)17(20(25)27)13-24-21-22-11-6-12-23-21/h2-13,27H,1H3/b24-13+. The molecule has 132 valence electrons. The van der Waals surface area contributed by atoms with Crippen LogP contribution in [0.15, 0.2) is 76.8 Å². The van der Waals surface area contributed by atoms with Gasteiger partial charge in [0.2, 0.25) is 11.8 Å². The van der Waals surface area contributed by atoms with Crippen molar-refractivity contribution in [2.24, 2.45) is 4.99 Å². The molecule has 1 N–H and O–H groups in total. The maximum absolute atomic E-state index is 13.1. The lowest BCUT2D eigenvalue weighted by atomic mass is 10.1.